The molecule has 1 heterocycles. The van der Waals surface area contributed by atoms with E-state index in [0.717, 1.165) is 11.6 Å². The highest BCUT2D eigenvalue weighted by molar-refractivity contribution is 5.76. The van der Waals surface area contributed by atoms with Gasteiger partial charge in [-0.05, 0) is 6.92 Å². The number of nitriles is 1. The summed E-state index contributed by atoms with van der Waals surface area (Å²) in [7, 11) is 0. The van der Waals surface area contributed by atoms with Crippen molar-refractivity contribution in [3.63, 3.8) is 0 Å². The van der Waals surface area contributed by atoms with E-state index in [0.29, 0.717) is 0 Å². The maximum atomic E-state index is 10.5. The lowest BCUT2D eigenvalue weighted by molar-refractivity contribution is -0.158. The molecule has 0 fully saturated rings. The summed E-state index contributed by atoms with van der Waals surface area (Å²) in [5, 5.41) is 30.0. The van der Waals surface area contributed by atoms with Gasteiger partial charge in [0.05, 0.1) is 6.54 Å². The highest BCUT2D eigenvalue weighted by Crippen LogP contribution is 2.06. The van der Waals surface area contributed by atoms with Gasteiger partial charge in [0.2, 0.25) is 0 Å². The lowest BCUT2D eigenvalue weighted by Crippen LogP contribution is -2.39. The van der Waals surface area contributed by atoms with Crippen molar-refractivity contribution in [3.8, 4) is 6.07 Å². The summed E-state index contributed by atoms with van der Waals surface area (Å²) in [5.74, 6) is -1.42. The molecule has 1 unspecified atom stereocenters. The number of aliphatic hydroxyl groups is 1. The third-order valence-corrected chi connectivity index (χ3v) is 1.57. The minimum atomic E-state index is -1.92. The number of aromatic nitrogens is 3. The van der Waals surface area contributed by atoms with Crippen molar-refractivity contribution in [3.05, 3.63) is 12.2 Å². The second kappa shape index (κ2) is 3.43. The van der Waals surface area contributed by atoms with Gasteiger partial charge in [-0.25, -0.2) is 14.5 Å². The third kappa shape index (κ3) is 2.05. The van der Waals surface area contributed by atoms with E-state index < -0.39 is 11.6 Å². The van der Waals surface area contributed by atoms with E-state index in [1.165, 1.54) is 6.33 Å². The van der Waals surface area contributed by atoms with Crippen LogP contribution in [-0.4, -0.2) is 36.5 Å². The Morgan fingerprint density at radius 3 is 2.93 bits per heavy atom. The Hall–Kier alpha value is -1.94. The van der Waals surface area contributed by atoms with Gasteiger partial charge < -0.3 is 10.2 Å². The number of nitrogens with zero attached hydrogens (tertiary/aromatic N) is 4. The molecular formula is C7H8N4O3. The monoisotopic (exact) mass is 196 g/mol. The van der Waals surface area contributed by atoms with Crippen molar-refractivity contribution in [2.24, 2.45) is 0 Å². The molecule has 0 saturated carbocycles. The summed E-state index contributed by atoms with van der Waals surface area (Å²) >= 11 is 0. The molecule has 14 heavy (non-hydrogen) atoms. The van der Waals surface area contributed by atoms with E-state index >= 15 is 0 Å². The average molecular weight is 196 g/mol. The van der Waals surface area contributed by atoms with Crippen LogP contribution in [-0.2, 0) is 11.3 Å². The Morgan fingerprint density at radius 2 is 2.50 bits per heavy atom. The summed E-state index contributed by atoms with van der Waals surface area (Å²) < 4.78 is 1.10. The molecule has 2 N–H and O–H groups in total. The van der Waals surface area contributed by atoms with Crippen molar-refractivity contribution in [2.75, 3.05) is 0 Å². The van der Waals surface area contributed by atoms with Crippen molar-refractivity contribution in [1.82, 2.24) is 14.8 Å². The SMILES string of the molecule is CC(O)(Cn1cnc(C#N)n1)C(=O)O. The fourth-order valence-corrected chi connectivity index (χ4v) is 0.805. The molecule has 1 atom stereocenters. The fraction of sp³-hybridized carbons (Fsp3) is 0.429. The van der Waals surface area contributed by atoms with E-state index in [1.54, 1.807) is 6.07 Å². The predicted octanol–water partition coefficient (Wildman–Crippen LogP) is -1.01. The zero-order chi connectivity index (χ0) is 10.8. The first-order valence-electron chi connectivity index (χ1n) is 3.71. The van der Waals surface area contributed by atoms with Crippen LogP contribution in [0.1, 0.15) is 12.7 Å². The van der Waals surface area contributed by atoms with Crippen LogP contribution in [0.2, 0.25) is 0 Å². The summed E-state index contributed by atoms with van der Waals surface area (Å²) in [6.07, 6.45) is 1.19. The van der Waals surface area contributed by atoms with Crippen molar-refractivity contribution < 1.29 is 15.0 Å². The molecule has 0 aliphatic carbocycles. The van der Waals surface area contributed by atoms with Crippen LogP contribution in [0.3, 0.4) is 0 Å². The van der Waals surface area contributed by atoms with Gasteiger partial charge in [0.1, 0.15) is 12.4 Å². The van der Waals surface area contributed by atoms with Crippen LogP contribution in [0.4, 0.5) is 0 Å². The quantitative estimate of drug-likeness (QED) is 0.640. The molecule has 7 nitrogen and oxygen atoms in total. The van der Waals surface area contributed by atoms with E-state index in [4.69, 9.17) is 10.4 Å². The van der Waals surface area contributed by atoms with Gasteiger partial charge in [0, 0.05) is 0 Å². The van der Waals surface area contributed by atoms with Crippen molar-refractivity contribution in [1.29, 1.82) is 5.26 Å². The Bertz CT molecular complexity index is 390. The molecule has 0 aliphatic rings. The lowest BCUT2D eigenvalue weighted by Gasteiger charge is -2.16. The molecular weight excluding hydrogens is 188 g/mol. The second-order valence-corrected chi connectivity index (χ2v) is 2.96. The van der Waals surface area contributed by atoms with E-state index in [2.05, 4.69) is 10.1 Å². The highest BCUT2D eigenvalue weighted by Gasteiger charge is 2.30. The van der Waals surface area contributed by atoms with Gasteiger partial charge >= 0.3 is 5.97 Å². The lowest BCUT2D eigenvalue weighted by atomic mass is 10.1. The molecule has 1 rings (SSSR count). The Kier molecular flexibility index (Phi) is 2.49. The maximum Gasteiger partial charge on any atom is 0.337 e. The normalized spacial score (nSPS) is 14.4. The number of hydrogen-bond acceptors (Lipinski definition) is 5. The van der Waals surface area contributed by atoms with Crippen LogP contribution in [0.5, 0.6) is 0 Å². The number of rotatable bonds is 3. The molecule has 0 aromatic carbocycles. The van der Waals surface area contributed by atoms with E-state index in [9.17, 15) is 9.90 Å². The number of carbonyl (C=O) groups is 1. The highest BCUT2D eigenvalue weighted by atomic mass is 16.4. The zero-order valence-electron chi connectivity index (χ0n) is 7.38. The third-order valence-electron chi connectivity index (χ3n) is 1.57. The van der Waals surface area contributed by atoms with E-state index in [1.807, 2.05) is 0 Å². The number of aliphatic carboxylic acids is 1. The molecule has 0 radical (unpaired) electrons. The van der Waals surface area contributed by atoms with Crippen molar-refractivity contribution in [2.45, 2.75) is 19.1 Å². The Balaban J connectivity index is 2.79. The maximum absolute atomic E-state index is 10.5. The first kappa shape index (κ1) is 10.1. The molecule has 0 bridgehead atoms. The first-order valence-corrected chi connectivity index (χ1v) is 3.71. The summed E-state index contributed by atoms with van der Waals surface area (Å²) in [5.41, 5.74) is -1.92. The van der Waals surface area contributed by atoms with Gasteiger partial charge in [0.25, 0.3) is 5.82 Å². The number of hydrogen-bond donors (Lipinski definition) is 2. The van der Waals surface area contributed by atoms with E-state index in [-0.39, 0.29) is 12.4 Å². The minimum absolute atomic E-state index is 0.0637. The predicted molar refractivity (Wildman–Crippen MR) is 43.0 cm³/mol. The smallest absolute Gasteiger partial charge is 0.337 e. The fourth-order valence-electron chi connectivity index (χ4n) is 0.805. The van der Waals surface area contributed by atoms with Gasteiger partial charge in [-0.15, -0.1) is 5.10 Å². The largest absolute Gasteiger partial charge is 0.479 e. The topological polar surface area (TPSA) is 112 Å². The molecule has 74 valence electrons. The van der Waals surface area contributed by atoms with Crippen LogP contribution in [0.15, 0.2) is 6.33 Å². The van der Waals surface area contributed by atoms with Crippen molar-refractivity contribution >= 4 is 5.97 Å². The average Bonchev–Trinajstić information content (AvgIpc) is 2.51. The minimum Gasteiger partial charge on any atom is -0.479 e. The molecule has 7 heteroatoms. The summed E-state index contributed by atoms with van der Waals surface area (Å²) in [4.78, 5) is 14.1. The Labute approximate surface area is 79.2 Å². The van der Waals surface area contributed by atoms with Crippen LogP contribution < -0.4 is 0 Å². The molecule has 1 aromatic heterocycles. The van der Waals surface area contributed by atoms with Crippen LogP contribution in [0.25, 0.3) is 0 Å². The van der Waals surface area contributed by atoms with Crippen LogP contribution >= 0.6 is 0 Å². The first-order chi connectivity index (χ1) is 6.45. The van der Waals surface area contributed by atoms with Gasteiger partial charge in [0.15, 0.2) is 5.60 Å². The number of carboxylic acids is 1. The van der Waals surface area contributed by atoms with Crippen LogP contribution in [0, 0.1) is 11.3 Å². The molecule has 0 spiro atoms. The zero-order valence-corrected chi connectivity index (χ0v) is 7.38. The van der Waals surface area contributed by atoms with Gasteiger partial charge in [-0.3, -0.25) is 0 Å². The molecule has 0 amide bonds. The molecule has 1 aromatic rings. The molecule has 0 saturated heterocycles. The Morgan fingerprint density at radius 1 is 1.86 bits per heavy atom. The van der Waals surface area contributed by atoms with Gasteiger partial charge in [-0.2, -0.15) is 5.26 Å². The number of carboxylic acid groups (broad SMARTS) is 1. The summed E-state index contributed by atoms with van der Waals surface area (Å²) in [6, 6.07) is 1.69. The standard InChI is InChI=1S/C7H8N4O3/c1-7(14,6(12)13)3-11-4-9-5(2-8)10-11/h4,14H,3H2,1H3,(H,12,13). The second-order valence-electron chi connectivity index (χ2n) is 2.96. The summed E-state index contributed by atoms with van der Waals surface area (Å²) in [6.45, 7) is 0.889. The molecule has 0 aliphatic heterocycles. The van der Waals surface area contributed by atoms with Gasteiger partial charge in [-0.1, -0.05) is 0 Å².